The standard InChI is InChI=1S/C21H17N3O4/c1-3-28-21(26)17-18(19(25)13-8-10-15(27-2)11-9-13)24-20(23-17)16-7-5-4-6-14(16)12-22-24/h4-12H,3H2,1-2H3. The highest BCUT2D eigenvalue weighted by Gasteiger charge is 2.28. The second kappa shape index (κ2) is 7.11. The summed E-state index contributed by atoms with van der Waals surface area (Å²) in [5.74, 6) is -0.403. The first-order chi connectivity index (χ1) is 13.6. The van der Waals surface area contributed by atoms with Crippen molar-refractivity contribution in [3.8, 4) is 5.75 Å². The zero-order valence-electron chi connectivity index (χ0n) is 15.4. The molecule has 0 aliphatic rings. The van der Waals surface area contributed by atoms with E-state index in [-0.39, 0.29) is 23.8 Å². The van der Waals surface area contributed by atoms with Gasteiger partial charge in [-0.1, -0.05) is 24.3 Å². The third kappa shape index (κ3) is 2.87. The first-order valence-corrected chi connectivity index (χ1v) is 8.76. The van der Waals surface area contributed by atoms with E-state index in [9.17, 15) is 9.59 Å². The maximum Gasteiger partial charge on any atom is 0.359 e. The van der Waals surface area contributed by atoms with E-state index in [2.05, 4.69) is 10.1 Å². The van der Waals surface area contributed by atoms with Gasteiger partial charge in [-0.2, -0.15) is 5.10 Å². The Bertz CT molecular complexity index is 1200. The molecule has 0 aliphatic carbocycles. The van der Waals surface area contributed by atoms with Crippen LogP contribution < -0.4 is 4.74 Å². The van der Waals surface area contributed by atoms with Gasteiger partial charge in [-0.15, -0.1) is 0 Å². The third-order valence-electron chi connectivity index (χ3n) is 4.40. The summed E-state index contributed by atoms with van der Waals surface area (Å²) < 4.78 is 11.7. The zero-order valence-corrected chi connectivity index (χ0v) is 15.4. The number of nitrogens with zero attached hydrogens (tertiary/aromatic N) is 3. The number of carbonyl (C=O) groups excluding carboxylic acids is 2. The van der Waals surface area contributed by atoms with E-state index < -0.39 is 5.97 Å². The van der Waals surface area contributed by atoms with Crippen LogP contribution in [0.4, 0.5) is 0 Å². The number of benzene rings is 2. The Kier molecular flexibility index (Phi) is 4.49. The average molecular weight is 375 g/mol. The second-order valence-electron chi connectivity index (χ2n) is 6.05. The van der Waals surface area contributed by atoms with E-state index in [0.29, 0.717) is 17.0 Å². The summed E-state index contributed by atoms with van der Waals surface area (Å²) >= 11 is 0. The molecule has 0 saturated carbocycles. The van der Waals surface area contributed by atoms with Crippen molar-refractivity contribution in [2.45, 2.75) is 6.92 Å². The molecule has 28 heavy (non-hydrogen) atoms. The van der Waals surface area contributed by atoms with Crippen LogP contribution >= 0.6 is 0 Å². The van der Waals surface area contributed by atoms with Gasteiger partial charge in [-0.25, -0.2) is 14.3 Å². The van der Waals surface area contributed by atoms with Gasteiger partial charge in [0, 0.05) is 16.3 Å². The van der Waals surface area contributed by atoms with Gasteiger partial charge in [-0.05, 0) is 31.2 Å². The van der Waals surface area contributed by atoms with E-state index in [1.54, 1.807) is 44.5 Å². The maximum atomic E-state index is 13.2. The number of hydrogen-bond donors (Lipinski definition) is 0. The largest absolute Gasteiger partial charge is 0.497 e. The number of esters is 1. The topological polar surface area (TPSA) is 82.8 Å². The summed E-state index contributed by atoms with van der Waals surface area (Å²) in [5.41, 5.74) is 0.844. The van der Waals surface area contributed by atoms with Gasteiger partial charge in [0.1, 0.15) is 11.4 Å². The first-order valence-electron chi connectivity index (χ1n) is 8.76. The molecule has 4 rings (SSSR count). The van der Waals surface area contributed by atoms with Crippen LogP contribution in [-0.2, 0) is 4.74 Å². The Morgan fingerprint density at radius 2 is 1.82 bits per heavy atom. The van der Waals surface area contributed by atoms with Crippen molar-refractivity contribution < 1.29 is 19.1 Å². The minimum atomic E-state index is -0.658. The molecule has 0 bridgehead atoms. The van der Waals surface area contributed by atoms with Crippen LogP contribution in [0.25, 0.3) is 16.4 Å². The van der Waals surface area contributed by atoms with E-state index in [0.717, 1.165) is 10.8 Å². The van der Waals surface area contributed by atoms with Gasteiger partial charge in [0.15, 0.2) is 11.3 Å². The quantitative estimate of drug-likeness (QED) is 0.393. The fraction of sp³-hybridized carbons (Fsp3) is 0.143. The number of imidazole rings is 1. The zero-order chi connectivity index (χ0) is 19.7. The van der Waals surface area contributed by atoms with Gasteiger partial charge in [0.2, 0.25) is 5.78 Å². The number of ether oxygens (including phenoxy) is 2. The van der Waals surface area contributed by atoms with Crippen LogP contribution in [0.3, 0.4) is 0 Å². The smallest absolute Gasteiger partial charge is 0.359 e. The summed E-state index contributed by atoms with van der Waals surface area (Å²) in [6.07, 6.45) is 1.64. The number of carbonyl (C=O) groups is 2. The second-order valence-corrected chi connectivity index (χ2v) is 6.05. The molecule has 2 aromatic heterocycles. The van der Waals surface area contributed by atoms with E-state index in [1.807, 2.05) is 24.3 Å². The molecule has 7 nitrogen and oxygen atoms in total. The van der Waals surface area contributed by atoms with Crippen molar-refractivity contribution in [1.29, 1.82) is 0 Å². The molecule has 0 radical (unpaired) electrons. The lowest BCUT2D eigenvalue weighted by molar-refractivity contribution is 0.0517. The van der Waals surface area contributed by atoms with Crippen LogP contribution in [0.1, 0.15) is 33.5 Å². The highest BCUT2D eigenvalue weighted by molar-refractivity contribution is 6.14. The Morgan fingerprint density at radius 1 is 1.07 bits per heavy atom. The number of hydrogen-bond acceptors (Lipinski definition) is 6. The Balaban J connectivity index is 1.95. The summed E-state index contributed by atoms with van der Waals surface area (Å²) in [5, 5.41) is 6.00. The monoisotopic (exact) mass is 375 g/mol. The van der Waals surface area contributed by atoms with Crippen LogP contribution in [-0.4, -0.2) is 40.1 Å². The molecule has 0 amide bonds. The predicted octanol–water partition coefficient (Wildman–Crippen LogP) is 3.30. The van der Waals surface area contributed by atoms with Crippen molar-refractivity contribution in [3.05, 3.63) is 71.7 Å². The molecular formula is C21H17N3O4. The minimum absolute atomic E-state index is 0.0495. The Morgan fingerprint density at radius 3 is 2.54 bits per heavy atom. The number of ketones is 1. The van der Waals surface area contributed by atoms with Gasteiger partial charge in [0.25, 0.3) is 0 Å². The number of fused-ring (bicyclic) bond motifs is 3. The summed E-state index contributed by atoms with van der Waals surface area (Å²) in [7, 11) is 1.55. The number of methoxy groups -OCH3 is 1. The van der Waals surface area contributed by atoms with Crippen LogP contribution in [0, 0.1) is 0 Å². The SMILES string of the molecule is CCOC(=O)c1nc2c3ccccc3cnn2c1C(=O)c1ccc(OC)cc1. The molecule has 0 unspecified atom stereocenters. The van der Waals surface area contributed by atoms with Crippen molar-refractivity contribution in [3.63, 3.8) is 0 Å². The molecule has 0 aliphatic heterocycles. The average Bonchev–Trinajstić information content (AvgIpc) is 3.13. The van der Waals surface area contributed by atoms with Crippen molar-refractivity contribution in [2.75, 3.05) is 13.7 Å². The molecular weight excluding hydrogens is 358 g/mol. The fourth-order valence-electron chi connectivity index (χ4n) is 3.06. The van der Waals surface area contributed by atoms with Crippen molar-refractivity contribution in [2.24, 2.45) is 0 Å². The lowest BCUT2D eigenvalue weighted by atomic mass is 10.1. The normalized spacial score (nSPS) is 10.9. The molecule has 0 N–H and O–H groups in total. The molecule has 140 valence electrons. The molecule has 4 aromatic rings. The maximum absolute atomic E-state index is 13.2. The van der Waals surface area contributed by atoms with Crippen LogP contribution in [0.15, 0.2) is 54.7 Å². The van der Waals surface area contributed by atoms with Gasteiger partial charge in [0.05, 0.1) is 19.9 Å². The van der Waals surface area contributed by atoms with Crippen LogP contribution in [0.2, 0.25) is 0 Å². The van der Waals surface area contributed by atoms with Gasteiger partial charge < -0.3 is 9.47 Å². The van der Waals surface area contributed by atoms with E-state index in [4.69, 9.17) is 9.47 Å². The Labute approximate surface area is 160 Å². The number of rotatable bonds is 5. The molecule has 2 heterocycles. The molecule has 0 saturated heterocycles. The lowest BCUT2D eigenvalue weighted by Gasteiger charge is -2.05. The van der Waals surface area contributed by atoms with Crippen molar-refractivity contribution >= 4 is 28.2 Å². The molecule has 7 heteroatoms. The van der Waals surface area contributed by atoms with Gasteiger partial charge in [-0.3, -0.25) is 4.79 Å². The van der Waals surface area contributed by atoms with E-state index in [1.165, 1.54) is 4.52 Å². The fourth-order valence-corrected chi connectivity index (χ4v) is 3.06. The highest BCUT2D eigenvalue weighted by atomic mass is 16.5. The van der Waals surface area contributed by atoms with Crippen LogP contribution in [0.5, 0.6) is 5.75 Å². The predicted molar refractivity (Wildman–Crippen MR) is 103 cm³/mol. The molecule has 0 spiro atoms. The summed E-state index contributed by atoms with van der Waals surface area (Å²) in [6.45, 7) is 1.88. The minimum Gasteiger partial charge on any atom is -0.497 e. The van der Waals surface area contributed by atoms with Crippen molar-refractivity contribution in [1.82, 2.24) is 14.6 Å². The number of aromatic nitrogens is 3. The summed E-state index contributed by atoms with van der Waals surface area (Å²) in [4.78, 5) is 30.2. The first kappa shape index (κ1) is 17.7. The third-order valence-corrected chi connectivity index (χ3v) is 4.40. The summed E-state index contributed by atoms with van der Waals surface area (Å²) in [6, 6.07) is 14.2. The Hall–Kier alpha value is -3.74. The highest BCUT2D eigenvalue weighted by Crippen LogP contribution is 2.24. The molecule has 0 fully saturated rings. The van der Waals surface area contributed by atoms with Gasteiger partial charge >= 0.3 is 5.97 Å². The lowest BCUT2D eigenvalue weighted by Crippen LogP contribution is -2.14. The molecule has 0 atom stereocenters. The molecule has 2 aromatic carbocycles. The van der Waals surface area contributed by atoms with E-state index >= 15 is 0 Å².